The Kier molecular flexibility index (Phi) is 6.60. The maximum atomic E-state index is 14.4. The second kappa shape index (κ2) is 9.89. The molecule has 0 spiro atoms. The fourth-order valence-electron chi connectivity index (χ4n) is 5.16. The van der Waals surface area contributed by atoms with E-state index in [0.717, 1.165) is 29.5 Å². The predicted molar refractivity (Wildman–Crippen MR) is 144 cm³/mol. The van der Waals surface area contributed by atoms with Gasteiger partial charge in [0, 0.05) is 66.7 Å². The number of halogens is 2. The first-order valence-electron chi connectivity index (χ1n) is 12.3. The number of rotatable bonds is 5. The van der Waals surface area contributed by atoms with E-state index in [-0.39, 0.29) is 22.7 Å². The van der Waals surface area contributed by atoms with Gasteiger partial charge in [-0.15, -0.1) is 0 Å². The number of anilines is 2. The molecule has 1 aliphatic heterocycles. The Bertz CT molecular complexity index is 1610. The van der Waals surface area contributed by atoms with Gasteiger partial charge in [0.05, 0.1) is 18.3 Å². The number of aromatic nitrogens is 2. The highest BCUT2D eigenvalue weighted by molar-refractivity contribution is 5.97. The second-order valence-corrected chi connectivity index (χ2v) is 9.41. The van der Waals surface area contributed by atoms with E-state index >= 15 is 0 Å². The lowest BCUT2D eigenvalue weighted by Gasteiger charge is -2.34. The lowest BCUT2D eigenvalue weighted by Crippen LogP contribution is -2.26. The number of hydrogen-bond acceptors (Lipinski definition) is 5. The third kappa shape index (κ3) is 4.27. The molecule has 3 heterocycles. The molecule has 2 aromatic heterocycles. The highest BCUT2D eigenvalue weighted by Gasteiger charge is 2.26. The van der Waals surface area contributed by atoms with Gasteiger partial charge < -0.3 is 19.5 Å². The van der Waals surface area contributed by atoms with Crippen LogP contribution in [0, 0.1) is 6.92 Å². The van der Waals surface area contributed by atoms with Crippen molar-refractivity contribution < 1.29 is 18.3 Å². The van der Waals surface area contributed by atoms with Gasteiger partial charge in [-0.2, -0.15) is 0 Å². The summed E-state index contributed by atoms with van der Waals surface area (Å²) in [4.78, 5) is 30.7. The Hall–Kier alpha value is -4.27. The number of alkyl halides is 2. The first-order valence-corrected chi connectivity index (χ1v) is 12.3. The Morgan fingerprint density at radius 2 is 1.92 bits per heavy atom. The van der Waals surface area contributed by atoms with Crippen LogP contribution in [0.15, 0.2) is 53.5 Å². The molecule has 7 nitrogen and oxygen atoms in total. The van der Waals surface area contributed by atoms with Crippen molar-refractivity contribution in [3.63, 3.8) is 0 Å². The molecule has 0 fully saturated rings. The maximum absolute atomic E-state index is 14.4. The Morgan fingerprint density at radius 1 is 1.13 bits per heavy atom. The summed E-state index contributed by atoms with van der Waals surface area (Å²) < 4.78 is 36.0. The number of pyridine rings is 2. The Labute approximate surface area is 218 Å². The van der Waals surface area contributed by atoms with Crippen LogP contribution in [-0.4, -0.2) is 36.2 Å². The van der Waals surface area contributed by atoms with E-state index < -0.39 is 6.43 Å². The smallest absolute Gasteiger partial charge is 0.269 e. The van der Waals surface area contributed by atoms with Gasteiger partial charge in [0.2, 0.25) is 0 Å². The summed E-state index contributed by atoms with van der Waals surface area (Å²) in [7, 11) is 4.79. The van der Waals surface area contributed by atoms with Crippen LogP contribution in [0.2, 0.25) is 0 Å². The third-order valence-corrected chi connectivity index (χ3v) is 7.14. The summed E-state index contributed by atoms with van der Waals surface area (Å²) in [6.45, 7) is 2.39. The zero-order chi connectivity index (χ0) is 27.1. The molecule has 0 atom stereocenters. The fraction of sp³-hybridized carbons (Fsp3) is 0.276. The van der Waals surface area contributed by atoms with Crippen molar-refractivity contribution in [2.24, 2.45) is 7.05 Å². The van der Waals surface area contributed by atoms with Crippen LogP contribution >= 0.6 is 0 Å². The average molecular weight is 519 g/mol. The van der Waals surface area contributed by atoms with Gasteiger partial charge in [0.15, 0.2) is 0 Å². The number of benzene rings is 2. The molecule has 0 unspecified atom stereocenters. The van der Waals surface area contributed by atoms with Gasteiger partial charge in [0.1, 0.15) is 11.4 Å². The van der Waals surface area contributed by atoms with Crippen molar-refractivity contribution in [3.8, 4) is 16.9 Å². The Balaban J connectivity index is 1.69. The number of ether oxygens (including phenoxy) is 1. The monoisotopic (exact) mass is 518 g/mol. The summed E-state index contributed by atoms with van der Waals surface area (Å²) in [5.41, 5.74) is 4.65. The molecule has 0 saturated carbocycles. The van der Waals surface area contributed by atoms with Crippen LogP contribution in [0.4, 0.5) is 20.2 Å². The van der Waals surface area contributed by atoms with Crippen molar-refractivity contribution in [2.75, 3.05) is 25.6 Å². The molecule has 5 rings (SSSR count). The molecule has 0 aliphatic carbocycles. The zero-order valence-corrected chi connectivity index (χ0v) is 21.6. The van der Waals surface area contributed by atoms with Crippen LogP contribution in [0.5, 0.6) is 5.75 Å². The van der Waals surface area contributed by atoms with Gasteiger partial charge in [-0.3, -0.25) is 14.6 Å². The first-order chi connectivity index (χ1) is 18.2. The van der Waals surface area contributed by atoms with E-state index in [1.54, 1.807) is 37.8 Å². The molecule has 0 bridgehead atoms. The number of nitrogens with one attached hydrogen (secondary N) is 1. The largest absolute Gasteiger partial charge is 0.497 e. The fourth-order valence-corrected chi connectivity index (χ4v) is 5.16. The molecule has 1 aliphatic rings. The minimum Gasteiger partial charge on any atom is -0.497 e. The molecule has 4 aromatic rings. The van der Waals surface area contributed by atoms with Crippen LogP contribution in [0.3, 0.4) is 0 Å². The molecular weight excluding hydrogens is 490 g/mol. The molecule has 1 N–H and O–H groups in total. The molecule has 9 heteroatoms. The second-order valence-electron chi connectivity index (χ2n) is 9.41. The number of carbonyl (C=O) groups excluding carboxylic acids is 1. The van der Waals surface area contributed by atoms with E-state index in [4.69, 9.17) is 4.74 Å². The normalized spacial score (nSPS) is 13.1. The molecule has 196 valence electrons. The number of carbonyl (C=O) groups is 1. The highest BCUT2D eigenvalue weighted by atomic mass is 19.3. The van der Waals surface area contributed by atoms with Crippen molar-refractivity contribution >= 4 is 28.2 Å². The number of fused-ring (bicyclic) bond motifs is 2. The van der Waals surface area contributed by atoms with Crippen LogP contribution in [0.25, 0.3) is 22.0 Å². The van der Waals surface area contributed by atoms with Gasteiger partial charge in [-0.25, -0.2) is 8.78 Å². The first kappa shape index (κ1) is 25.4. The predicted octanol–water partition coefficient (Wildman–Crippen LogP) is 5.30. The summed E-state index contributed by atoms with van der Waals surface area (Å²) in [5.74, 6) is 0.233. The quantitative estimate of drug-likeness (QED) is 0.388. The Morgan fingerprint density at radius 3 is 2.58 bits per heavy atom. The van der Waals surface area contributed by atoms with Crippen LogP contribution in [-0.2, 0) is 13.5 Å². The number of methoxy groups -OCH3 is 1. The van der Waals surface area contributed by atoms with Crippen molar-refractivity contribution in [1.82, 2.24) is 14.9 Å². The standard InChI is InChI=1S/C29H28F2N4O3/c1-16-10-22-25(34(3)29(16)37)12-19(38-4)13-26(22)35-9-5-6-17-11-20(21(27(30)31)14-24(17)35)18-7-8-23(33-15-18)28(36)32-2/h7-8,10-15,27H,5-6,9H2,1-4H3,(H,32,36). The van der Waals surface area contributed by atoms with E-state index in [2.05, 4.69) is 10.3 Å². The summed E-state index contributed by atoms with van der Waals surface area (Å²) in [6, 6.07) is 12.1. The maximum Gasteiger partial charge on any atom is 0.269 e. The van der Waals surface area contributed by atoms with Crippen LogP contribution < -0.4 is 20.5 Å². The third-order valence-electron chi connectivity index (χ3n) is 7.14. The molecule has 0 radical (unpaired) electrons. The van der Waals surface area contributed by atoms with Crippen LogP contribution in [0.1, 0.15) is 40.0 Å². The van der Waals surface area contributed by atoms with E-state index in [9.17, 15) is 18.4 Å². The van der Waals surface area contributed by atoms with Crippen molar-refractivity contribution in [3.05, 3.63) is 81.4 Å². The van der Waals surface area contributed by atoms with Crippen molar-refractivity contribution in [1.29, 1.82) is 0 Å². The van der Waals surface area contributed by atoms with Gasteiger partial charge in [0.25, 0.3) is 17.9 Å². The molecular formula is C29H28F2N4O3. The number of aryl methyl sites for hydroxylation is 3. The van der Waals surface area contributed by atoms with Crippen molar-refractivity contribution in [2.45, 2.75) is 26.2 Å². The van der Waals surface area contributed by atoms with E-state index in [1.807, 2.05) is 29.2 Å². The number of nitrogens with zero attached hydrogens (tertiary/aromatic N) is 3. The molecule has 38 heavy (non-hydrogen) atoms. The topological polar surface area (TPSA) is 76.5 Å². The number of amides is 1. The zero-order valence-electron chi connectivity index (χ0n) is 21.6. The average Bonchev–Trinajstić information content (AvgIpc) is 2.94. The molecule has 1 amide bonds. The summed E-state index contributed by atoms with van der Waals surface area (Å²) in [6.07, 6.45) is 0.281. The molecule has 0 saturated heterocycles. The summed E-state index contributed by atoms with van der Waals surface area (Å²) >= 11 is 0. The SMILES string of the molecule is CNC(=O)c1ccc(-c2cc3c(cc2C(F)F)N(c2cc(OC)cc4c2cc(C)c(=O)n4C)CCC3)cn1. The minimum atomic E-state index is -2.72. The lowest BCUT2D eigenvalue weighted by atomic mass is 9.92. The van der Waals surface area contributed by atoms with E-state index in [1.165, 1.54) is 19.3 Å². The summed E-state index contributed by atoms with van der Waals surface area (Å²) in [5, 5.41) is 3.35. The molecule has 2 aromatic carbocycles. The lowest BCUT2D eigenvalue weighted by molar-refractivity contribution is 0.0958. The van der Waals surface area contributed by atoms with Gasteiger partial charge >= 0.3 is 0 Å². The van der Waals surface area contributed by atoms with Gasteiger partial charge in [-0.1, -0.05) is 6.07 Å². The number of hydrogen-bond donors (Lipinski definition) is 1. The highest BCUT2D eigenvalue weighted by Crippen LogP contribution is 2.43. The van der Waals surface area contributed by atoms with Gasteiger partial charge in [-0.05, 0) is 55.2 Å². The minimum absolute atomic E-state index is 0.101. The van der Waals surface area contributed by atoms with E-state index in [0.29, 0.717) is 40.2 Å².